The Morgan fingerprint density at radius 2 is 2.21 bits per heavy atom. The molecule has 4 nitrogen and oxygen atoms in total. The number of likely N-dealkylation sites (N-methyl/N-ethyl adjacent to an activating group) is 1. The molecule has 1 aromatic carbocycles. The van der Waals surface area contributed by atoms with Gasteiger partial charge in [-0.2, -0.15) is 0 Å². The summed E-state index contributed by atoms with van der Waals surface area (Å²) in [4.78, 5) is 12.5. The Hall–Kier alpha value is -1.23. The van der Waals surface area contributed by atoms with Crippen LogP contribution in [-0.4, -0.2) is 19.5 Å². The summed E-state index contributed by atoms with van der Waals surface area (Å²) < 4.78 is 0.848. The minimum Gasteiger partial charge on any atom is -0.399 e. The van der Waals surface area contributed by atoms with Gasteiger partial charge >= 0.3 is 0 Å². The minimum atomic E-state index is -0.365. The van der Waals surface area contributed by atoms with Gasteiger partial charge < -0.3 is 16.4 Å². The largest absolute Gasteiger partial charge is 0.399 e. The van der Waals surface area contributed by atoms with E-state index in [2.05, 4.69) is 15.9 Å². The number of rotatable bonds is 3. The van der Waals surface area contributed by atoms with Gasteiger partial charge in [-0.25, -0.2) is 0 Å². The normalized spacial score (nSPS) is 9.86. The van der Waals surface area contributed by atoms with Gasteiger partial charge in [0.2, 0.25) is 5.91 Å². The van der Waals surface area contributed by atoms with Crippen molar-refractivity contribution in [1.29, 1.82) is 0 Å². The lowest BCUT2D eigenvalue weighted by Gasteiger charge is -2.18. The number of carbonyl (C=O) groups is 1. The van der Waals surface area contributed by atoms with E-state index in [1.807, 2.05) is 6.07 Å². The van der Waals surface area contributed by atoms with Crippen molar-refractivity contribution in [3.8, 4) is 0 Å². The third-order valence-corrected chi connectivity index (χ3v) is 2.41. The summed E-state index contributed by atoms with van der Waals surface area (Å²) in [5.74, 6) is -0.365. The fourth-order valence-electron chi connectivity index (χ4n) is 1.15. The molecule has 0 aliphatic heterocycles. The highest BCUT2D eigenvalue weighted by Gasteiger charge is 2.07. The van der Waals surface area contributed by atoms with Crippen molar-refractivity contribution in [2.45, 2.75) is 0 Å². The molecule has 0 heterocycles. The Morgan fingerprint density at radius 1 is 1.57 bits per heavy atom. The maximum absolute atomic E-state index is 10.7. The van der Waals surface area contributed by atoms with Crippen LogP contribution in [0.4, 0.5) is 11.4 Å². The maximum Gasteiger partial charge on any atom is 0.236 e. The predicted octanol–water partition coefficient (Wildman–Crippen LogP) is 0.953. The molecule has 0 spiro atoms. The minimum absolute atomic E-state index is 0.183. The van der Waals surface area contributed by atoms with Gasteiger partial charge in [0.05, 0.1) is 12.2 Å². The SMILES string of the molecule is CN(CC(N)=O)c1ccc(N)cc1Br. The van der Waals surface area contributed by atoms with E-state index < -0.39 is 0 Å². The summed E-state index contributed by atoms with van der Waals surface area (Å²) in [6.45, 7) is 0.183. The number of anilines is 2. The molecular weight excluding hydrogens is 246 g/mol. The van der Waals surface area contributed by atoms with Crippen molar-refractivity contribution >= 4 is 33.2 Å². The molecule has 76 valence electrons. The molecule has 1 aromatic rings. The first kappa shape index (κ1) is 10.8. The number of carbonyl (C=O) groups excluding carboxylic acids is 1. The second-order valence-corrected chi connectivity index (χ2v) is 3.89. The van der Waals surface area contributed by atoms with Gasteiger partial charge in [-0.15, -0.1) is 0 Å². The predicted molar refractivity (Wildman–Crippen MR) is 61.0 cm³/mol. The highest BCUT2D eigenvalue weighted by molar-refractivity contribution is 9.10. The van der Waals surface area contributed by atoms with E-state index in [0.717, 1.165) is 10.2 Å². The van der Waals surface area contributed by atoms with Crippen LogP contribution in [-0.2, 0) is 4.79 Å². The lowest BCUT2D eigenvalue weighted by atomic mass is 10.2. The van der Waals surface area contributed by atoms with E-state index in [1.54, 1.807) is 24.1 Å². The van der Waals surface area contributed by atoms with Crippen molar-refractivity contribution in [3.63, 3.8) is 0 Å². The summed E-state index contributed by atoms with van der Waals surface area (Å²) in [6.07, 6.45) is 0. The molecule has 0 unspecified atom stereocenters. The lowest BCUT2D eigenvalue weighted by molar-refractivity contribution is -0.116. The molecule has 5 heteroatoms. The van der Waals surface area contributed by atoms with Gasteiger partial charge in [-0.3, -0.25) is 4.79 Å². The molecule has 0 bridgehead atoms. The summed E-state index contributed by atoms with van der Waals surface area (Å²) in [5, 5.41) is 0. The van der Waals surface area contributed by atoms with Gasteiger partial charge in [0.15, 0.2) is 0 Å². The standard InChI is InChI=1S/C9H12BrN3O/c1-13(5-9(12)14)8-3-2-6(11)4-7(8)10/h2-4H,5,11H2,1H3,(H2,12,14). The molecule has 14 heavy (non-hydrogen) atoms. The van der Waals surface area contributed by atoms with Crippen LogP contribution in [0.3, 0.4) is 0 Å². The number of benzene rings is 1. The summed E-state index contributed by atoms with van der Waals surface area (Å²) in [6, 6.07) is 5.40. The van der Waals surface area contributed by atoms with Crippen molar-refractivity contribution < 1.29 is 4.79 Å². The zero-order valence-electron chi connectivity index (χ0n) is 7.83. The summed E-state index contributed by atoms with van der Waals surface area (Å²) >= 11 is 3.36. The second-order valence-electron chi connectivity index (χ2n) is 3.03. The molecular formula is C9H12BrN3O. The van der Waals surface area contributed by atoms with Crippen LogP contribution in [0.15, 0.2) is 22.7 Å². The first-order chi connectivity index (χ1) is 6.50. The van der Waals surface area contributed by atoms with Crippen molar-refractivity contribution in [3.05, 3.63) is 22.7 Å². The zero-order chi connectivity index (χ0) is 10.7. The lowest BCUT2D eigenvalue weighted by Crippen LogP contribution is -2.30. The van der Waals surface area contributed by atoms with Crippen LogP contribution in [0.2, 0.25) is 0 Å². The van der Waals surface area contributed by atoms with E-state index in [0.29, 0.717) is 5.69 Å². The van der Waals surface area contributed by atoms with Gasteiger partial charge in [0.1, 0.15) is 0 Å². The molecule has 0 aromatic heterocycles. The fraction of sp³-hybridized carbons (Fsp3) is 0.222. The number of halogens is 1. The topological polar surface area (TPSA) is 72.3 Å². The number of amides is 1. The van der Waals surface area contributed by atoms with E-state index in [-0.39, 0.29) is 12.5 Å². The highest BCUT2D eigenvalue weighted by Crippen LogP contribution is 2.27. The smallest absolute Gasteiger partial charge is 0.236 e. The van der Waals surface area contributed by atoms with Gasteiger partial charge in [-0.1, -0.05) is 0 Å². The molecule has 0 fully saturated rings. The zero-order valence-corrected chi connectivity index (χ0v) is 9.41. The average molecular weight is 258 g/mol. The number of hydrogen-bond acceptors (Lipinski definition) is 3. The fourth-order valence-corrected chi connectivity index (χ4v) is 1.85. The Bertz CT molecular complexity index is 354. The molecule has 0 saturated heterocycles. The van der Waals surface area contributed by atoms with Crippen molar-refractivity contribution in [2.75, 3.05) is 24.2 Å². The van der Waals surface area contributed by atoms with Crippen molar-refractivity contribution in [2.24, 2.45) is 5.73 Å². The number of nitrogen functional groups attached to an aromatic ring is 1. The van der Waals surface area contributed by atoms with Crippen molar-refractivity contribution in [1.82, 2.24) is 0 Å². The molecule has 4 N–H and O–H groups in total. The molecule has 1 amide bonds. The Balaban J connectivity index is 2.90. The molecule has 0 saturated carbocycles. The first-order valence-electron chi connectivity index (χ1n) is 4.05. The van der Waals surface area contributed by atoms with E-state index in [4.69, 9.17) is 11.5 Å². The molecule has 0 atom stereocenters. The molecule has 0 aliphatic rings. The molecule has 0 radical (unpaired) electrons. The van der Waals surface area contributed by atoms with Gasteiger partial charge in [-0.05, 0) is 34.1 Å². The van der Waals surface area contributed by atoms with Gasteiger partial charge in [0, 0.05) is 17.2 Å². The Kier molecular flexibility index (Phi) is 3.35. The van der Waals surface area contributed by atoms with Crippen LogP contribution >= 0.6 is 15.9 Å². The number of hydrogen-bond donors (Lipinski definition) is 2. The maximum atomic E-state index is 10.7. The number of nitrogens with two attached hydrogens (primary N) is 2. The third kappa shape index (κ3) is 2.63. The van der Waals surface area contributed by atoms with Crippen LogP contribution in [0.25, 0.3) is 0 Å². The molecule has 1 rings (SSSR count). The van der Waals surface area contributed by atoms with Crippen LogP contribution in [0.1, 0.15) is 0 Å². The van der Waals surface area contributed by atoms with E-state index in [1.165, 1.54) is 0 Å². The highest BCUT2D eigenvalue weighted by atomic mass is 79.9. The Labute approximate surface area is 91.0 Å². The Morgan fingerprint density at radius 3 is 2.71 bits per heavy atom. The third-order valence-electron chi connectivity index (χ3n) is 1.78. The average Bonchev–Trinajstić information content (AvgIpc) is 2.01. The monoisotopic (exact) mass is 257 g/mol. The quantitative estimate of drug-likeness (QED) is 0.793. The summed E-state index contributed by atoms with van der Waals surface area (Å²) in [7, 11) is 1.79. The molecule has 0 aliphatic carbocycles. The second kappa shape index (κ2) is 4.32. The van der Waals surface area contributed by atoms with Crippen LogP contribution in [0.5, 0.6) is 0 Å². The first-order valence-corrected chi connectivity index (χ1v) is 4.84. The number of primary amides is 1. The number of nitrogens with zero attached hydrogens (tertiary/aromatic N) is 1. The van der Waals surface area contributed by atoms with E-state index in [9.17, 15) is 4.79 Å². The summed E-state index contributed by atoms with van der Waals surface area (Å²) in [5.41, 5.74) is 12.2. The van der Waals surface area contributed by atoms with Crippen LogP contribution in [0, 0.1) is 0 Å². The van der Waals surface area contributed by atoms with E-state index >= 15 is 0 Å². The van der Waals surface area contributed by atoms with Gasteiger partial charge in [0.25, 0.3) is 0 Å². The van der Waals surface area contributed by atoms with Crippen LogP contribution < -0.4 is 16.4 Å².